The standard InChI is InChI=1S/C12H13N3O3.C12H15N3O.C11H13N3O.C11H12N2O2/c1-7-8(2)13-14(9(7)3)11-5-4-10(15(17)18)6-12(11)16;1-7-8(2)14-15(9(7)3)11-5-4-10(13)6-12(11)16;1-7-5-8(2)14(13-7)10-4-3-9(12)6-11(10)15;1-7-5-8(2)13(12-7)10-4-3-9(14)6-11(10)15/h4-6,16H,1-3H3;4-6,16H,13H2,1-3H3;3-6,15H,12H2,1-2H3;3-6,14-15H,1-2H3. The van der Waals surface area contributed by atoms with Crippen LogP contribution >= 0.6 is 0 Å². The van der Waals surface area contributed by atoms with Crippen molar-refractivity contribution in [3.05, 3.63) is 152 Å². The number of aromatic hydroxyl groups is 5. The summed E-state index contributed by atoms with van der Waals surface area (Å²) in [6.45, 7) is 19.3. The van der Waals surface area contributed by atoms with Crippen LogP contribution < -0.4 is 11.5 Å². The highest BCUT2D eigenvalue weighted by Crippen LogP contribution is 2.30. The molecule has 0 atom stereocenters. The van der Waals surface area contributed by atoms with E-state index in [2.05, 4.69) is 20.4 Å². The lowest BCUT2D eigenvalue weighted by molar-refractivity contribution is -0.384. The van der Waals surface area contributed by atoms with Crippen molar-refractivity contribution >= 4 is 17.1 Å². The minimum absolute atomic E-state index is 0.0150. The van der Waals surface area contributed by atoms with Gasteiger partial charge in [0.05, 0.1) is 33.8 Å². The number of rotatable bonds is 5. The van der Waals surface area contributed by atoms with Crippen LogP contribution in [0.15, 0.2) is 84.9 Å². The molecule has 9 N–H and O–H groups in total. The molecule has 0 aliphatic carbocycles. The van der Waals surface area contributed by atoms with Gasteiger partial charge in [0.1, 0.15) is 51.5 Å². The number of nitrogens with zero attached hydrogens (tertiary/aromatic N) is 9. The number of aromatic nitrogens is 8. The van der Waals surface area contributed by atoms with E-state index in [1.165, 1.54) is 36.4 Å². The van der Waals surface area contributed by atoms with Gasteiger partial charge in [-0.3, -0.25) is 10.1 Å². The molecule has 4 heterocycles. The Labute approximate surface area is 369 Å². The van der Waals surface area contributed by atoms with E-state index in [-0.39, 0.29) is 34.4 Å². The van der Waals surface area contributed by atoms with Gasteiger partial charge in [-0.25, -0.2) is 18.7 Å². The molecule has 18 nitrogen and oxygen atoms in total. The molecule has 0 amide bonds. The average molecular weight is 872 g/mol. The number of aryl methyl sites for hydroxylation is 6. The van der Waals surface area contributed by atoms with E-state index >= 15 is 0 Å². The van der Waals surface area contributed by atoms with Crippen LogP contribution in [0.1, 0.15) is 56.7 Å². The zero-order valence-corrected chi connectivity index (χ0v) is 37.3. The summed E-state index contributed by atoms with van der Waals surface area (Å²) >= 11 is 0. The predicted octanol–water partition coefficient (Wildman–Crippen LogP) is 8.17. The summed E-state index contributed by atoms with van der Waals surface area (Å²) in [5, 5.41) is 76.1. The molecule has 0 radical (unpaired) electrons. The quantitative estimate of drug-likeness (QED) is 0.0489. The highest BCUT2D eigenvalue weighted by Gasteiger charge is 2.16. The second kappa shape index (κ2) is 19.2. The maximum Gasteiger partial charge on any atom is 0.273 e. The molecule has 8 aromatic rings. The van der Waals surface area contributed by atoms with Crippen LogP contribution in [0.25, 0.3) is 22.7 Å². The SMILES string of the molecule is Cc1cc(C)n(-c2ccc(N)cc2O)n1.Cc1cc(C)n(-c2ccc(O)cc2O)n1.Cc1nn(-c2ccc(N)cc2O)c(C)c1C.Cc1nn(-c2ccc([N+](=O)[O-])cc2O)c(C)c1C. The number of nitrogen functional groups attached to an aromatic ring is 2. The molecular weight excluding hydrogens is 819 g/mol. The number of nitrogens with two attached hydrogens (primary N) is 2. The van der Waals surface area contributed by atoms with Crippen LogP contribution in [0.3, 0.4) is 0 Å². The van der Waals surface area contributed by atoms with E-state index in [4.69, 9.17) is 16.6 Å². The molecule has 0 spiro atoms. The molecule has 8 rings (SSSR count). The molecule has 0 saturated heterocycles. The molecule has 0 aliphatic heterocycles. The summed E-state index contributed by atoms with van der Waals surface area (Å²) in [4.78, 5) is 10.1. The monoisotopic (exact) mass is 871 g/mol. The fraction of sp³-hybridized carbons (Fsp3) is 0.217. The number of benzene rings is 4. The van der Waals surface area contributed by atoms with Crippen molar-refractivity contribution in [2.24, 2.45) is 0 Å². The van der Waals surface area contributed by atoms with Gasteiger partial charge in [0.2, 0.25) is 0 Å². The van der Waals surface area contributed by atoms with E-state index in [1.807, 2.05) is 81.4 Å². The Balaban J connectivity index is 0.000000161. The summed E-state index contributed by atoms with van der Waals surface area (Å²) in [5.41, 5.74) is 24.1. The third-order valence-corrected chi connectivity index (χ3v) is 10.4. The number of nitro benzene ring substituents is 1. The summed E-state index contributed by atoms with van der Waals surface area (Å²) in [6, 6.07) is 22.4. The maximum atomic E-state index is 10.6. The zero-order valence-electron chi connectivity index (χ0n) is 37.3. The second-order valence-electron chi connectivity index (χ2n) is 15.2. The van der Waals surface area contributed by atoms with Gasteiger partial charge >= 0.3 is 0 Å². The van der Waals surface area contributed by atoms with E-state index in [1.54, 1.807) is 49.1 Å². The van der Waals surface area contributed by atoms with Gasteiger partial charge < -0.3 is 37.0 Å². The first-order chi connectivity index (χ1) is 30.1. The van der Waals surface area contributed by atoms with Gasteiger partial charge in [-0.15, -0.1) is 0 Å². The summed E-state index contributed by atoms with van der Waals surface area (Å²) in [6.07, 6.45) is 0. The van der Waals surface area contributed by atoms with Crippen LogP contribution in [0.2, 0.25) is 0 Å². The third kappa shape index (κ3) is 10.4. The van der Waals surface area contributed by atoms with Crippen LogP contribution in [-0.4, -0.2) is 69.6 Å². The molecule has 0 fully saturated rings. The van der Waals surface area contributed by atoms with Crippen molar-refractivity contribution in [3.63, 3.8) is 0 Å². The van der Waals surface area contributed by atoms with Crippen molar-refractivity contribution in [1.82, 2.24) is 39.1 Å². The lowest BCUT2D eigenvalue weighted by atomic mass is 10.2. The van der Waals surface area contributed by atoms with Gasteiger partial charge in [0.25, 0.3) is 5.69 Å². The molecular formula is C46H53N11O7. The predicted molar refractivity (Wildman–Crippen MR) is 245 cm³/mol. The summed E-state index contributed by atoms with van der Waals surface area (Å²) in [5.74, 6) is 0.181. The smallest absolute Gasteiger partial charge is 0.273 e. The third-order valence-electron chi connectivity index (χ3n) is 10.4. The van der Waals surface area contributed by atoms with E-state index in [9.17, 15) is 30.5 Å². The number of hydrogen-bond acceptors (Lipinski definition) is 13. The Morgan fingerprint density at radius 3 is 1.14 bits per heavy atom. The van der Waals surface area contributed by atoms with Crippen LogP contribution in [-0.2, 0) is 0 Å². The molecule has 4 aromatic heterocycles. The van der Waals surface area contributed by atoms with Crippen molar-refractivity contribution < 1.29 is 30.5 Å². The van der Waals surface area contributed by atoms with Crippen LogP contribution in [0, 0.1) is 79.4 Å². The fourth-order valence-corrected chi connectivity index (χ4v) is 6.59. The van der Waals surface area contributed by atoms with E-state index in [0.717, 1.165) is 62.7 Å². The number of nitro groups is 1. The van der Waals surface area contributed by atoms with Crippen molar-refractivity contribution in [3.8, 4) is 51.5 Å². The van der Waals surface area contributed by atoms with E-state index < -0.39 is 4.92 Å². The summed E-state index contributed by atoms with van der Waals surface area (Å²) < 4.78 is 6.66. The number of hydrogen-bond donors (Lipinski definition) is 7. The topological polar surface area (TPSA) is 268 Å². The van der Waals surface area contributed by atoms with Crippen LogP contribution in [0.4, 0.5) is 17.1 Å². The van der Waals surface area contributed by atoms with Crippen molar-refractivity contribution in [2.45, 2.75) is 69.2 Å². The maximum absolute atomic E-state index is 10.6. The van der Waals surface area contributed by atoms with Crippen LogP contribution in [0.5, 0.6) is 28.7 Å². The molecule has 64 heavy (non-hydrogen) atoms. The zero-order chi connectivity index (χ0) is 47.3. The highest BCUT2D eigenvalue weighted by molar-refractivity contribution is 5.57. The Morgan fingerprint density at radius 1 is 0.469 bits per heavy atom. The number of anilines is 2. The fourth-order valence-electron chi connectivity index (χ4n) is 6.59. The minimum atomic E-state index is -0.546. The van der Waals surface area contributed by atoms with Gasteiger partial charge in [0, 0.05) is 58.4 Å². The van der Waals surface area contributed by atoms with Crippen molar-refractivity contribution in [2.75, 3.05) is 11.5 Å². The largest absolute Gasteiger partial charge is 0.508 e. The van der Waals surface area contributed by atoms with Crippen molar-refractivity contribution in [1.29, 1.82) is 0 Å². The first-order valence-corrected chi connectivity index (χ1v) is 19.9. The lowest BCUT2D eigenvalue weighted by Crippen LogP contribution is -2.00. The molecule has 0 aliphatic rings. The molecule has 0 saturated carbocycles. The second-order valence-corrected chi connectivity index (χ2v) is 15.2. The normalized spacial score (nSPS) is 10.6. The number of non-ortho nitro benzene ring substituents is 1. The number of phenols is 5. The Bertz CT molecular complexity index is 2880. The highest BCUT2D eigenvalue weighted by atomic mass is 16.6. The lowest BCUT2D eigenvalue weighted by Gasteiger charge is -2.07. The van der Waals surface area contributed by atoms with E-state index in [0.29, 0.717) is 34.1 Å². The average Bonchev–Trinajstić information content (AvgIpc) is 3.90. The molecule has 0 unspecified atom stereocenters. The molecule has 18 heteroatoms. The molecule has 334 valence electrons. The van der Waals surface area contributed by atoms with Gasteiger partial charge in [0.15, 0.2) is 0 Å². The summed E-state index contributed by atoms with van der Waals surface area (Å²) in [7, 11) is 0. The minimum Gasteiger partial charge on any atom is -0.508 e. The first kappa shape index (κ1) is 46.8. The van der Waals surface area contributed by atoms with Gasteiger partial charge in [-0.05, 0) is 135 Å². The number of phenolic OH excluding ortho intramolecular Hbond substituents is 5. The molecule has 4 aromatic carbocycles. The Hall–Kier alpha value is -8.28. The van der Waals surface area contributed by atoms with Gasteiger partial charge in [-0.2, -0.15) is 20.4 Å². The first-order valence-electron chi connectivity index (χ1n) is 19.9. The Kier molecular flexibility index (Phi) is 14.0. The molecule has 0 bridgehead atoms. The Morgan fingerprint density at radius 2 is 0.828 bits per heavy atom. The van der Waals surface area contributed by atoms with Gasteiger partial charge in [-0.1, -0.05) is 0 Å².